The monoisotopic (exact) mass is 345 g/mol. The van der Waals surface area contributed by atoms with Gasteiger partial charge in [0.1, 0.15) is 11.5 Å². The van der Waals surface area contributed by atoms with E-state index in [1.807, 2.05) is 56.3 Å². The first-order valence-electron chi connectivity index (χ1n) is 7.85. The van der Waals surface area contributed by atoms with Crippen molar-refractivity contribution in [2.45, 2.75) is 25.2 Å². The van der Waals surface area contributed by atoms with Crippen LogP contribution in [0.2, 0.25) is 0 Å². The van der Waals surface area contributed by atoms with E-state index in [4.69, 9.17) is 4.74 Å². The Bertz CT molecular complexity index is 743. The van der Waals surface area contributed by atoms with Crippen molar-refractivity contribution in [3.8, 4) is 5.75 Å². The van der Waals surface area contributed by atoms with Gasteiger partial charge in [-0.2, -0.15) is 0 Å². The first kappa shape index (κ1) is 18.2. The van der Waals surface area contributed by atoms with Crippen molar-refractivity contribution in [3.63, 3.8) is 0 Å². The normalized spacial score (nSPS) is 11.8. The predicted octanol–water partition coefficient (Wildman–Crippen LogP) is 2.78. The van der Waals surface area contributed by atoms with Crippen LogP contribution in [0.3, 0.4) is 0 Å². The van der Waals surface area contributed by atoms with E-state index in [1.54, 1.807) is 7.11 Å². The quantitative estimate of drug-likeness (QED) is 0.839. The highest BCUT2D eigenvalue weighted by atomic mass is 32.2. The molecule has 128 valence electrons. The third-order valence-electron chi connectivity index (χ3n) is 3.71. The molecule has 2 aromatic rings. The standard InChI is InChI=1S/C19H23NO3S/c1-14-7-8-18(15(2)11-14)24(22)13-19(21)20-10-9-16-5-4-6-17(12-16)23-3/h4-8,11-12H,9-10,13H2,1-3H3,(H,20,21). The maximum atomic E-state index is 12.3. The van der Waals surface area contributed by atoms with Gasteiger partial charge in [0.2, 0.25) is 5.91 Å². The Kier molecular flexibility index (Phi) is 6.55. The molecule has 0 radical (unpaired) electrons. The van der Waals surface area contributed by atoms with E-state index in [9.17, 15) is 9.00 Å². The van der Waals surface area contributed by atoms with Gasteiger partial charge in [-0.05, 0) is 49.6 Å². The zero-order valence-electron chi connectivity index (χ0n) is 14.3. The zero-order valence-corrected chi connectivity index (χ0v) is 15.1. The minimum atomic E-state index is -1.32. The summed E-state index contributed by atoms with van der Waals surface area (Å²) in [4.78, 5) is 12.7. The lowest BCUT2D eigenvalue weighted by molar-refractivity contribution is -0.118. The molecule has 0 saturated carbocycles. The Balaban J connectivity index is 1.83. The smallest absolute Gasteiger partial charge is 0.233 e. The Morgan fingerprint density at radius 1 is 1.17 bits per heavy atom. The number of nitrogens with one attached hydrogen (secondary N) is 1. The topological polar surface area (TPSA) is 55.4 Å². The summed E-state index contributed by atoms with van der Waals surface area (Å²) in [5.74, 6) is 0.591. The second-order valence-corrected chi connectivity index (χ2v) is 7.13. The molecule has 2 rings (SSSR count). The zero-order chi connectivity index (χ0) is 17.5. The Morgan fingerprint density at radius 3 is 2.67 bits per heavy atom. The highest BCUT2D eigenvalue weighted by Crippen LogP contribution is 2.15. The van der Waals surface area contributed by atoms with Gasteiger partial charge in [-0.15, -0.1) is 0 Å². The Hall–Kier alpha value is -2.14. The Morgan fingerprint density at radius 2 is 1.96 bits per heavy atom. The number of aryl methyl sites for hydroxylation is 2. The van der Waals surface area contributed by atoms with Gasteiger partial charge < -0.3 is 10.1 Å². The molecule has 0 aliphatic rings. The van der Waals surface area contributed by atoms with Crippen LogP contribution < -0.4 is 10.1 Å². The molecule has 5 heteroatoms. The predicted molar refractivity (Wildman–Crippen MR) is 96.9 cm³/mol. The first-order valence-corrected chi connectivity index (χ1v) is 9.16. The number of carbonyl (C=O) groups is 1. The van der Waals surface area contributed by atoms with Crippen LogP contribution in [0.1, 0.15) is 16.7 Å². The number of carbonyl (C=O) groups excluding carboxylic acids is 1. The lowest BCUT2D eigenvalue weighted by atomic mass is 10.1. The number of hydrogen-bond donors (Lipinski definition) is 1. The average Bonchev–Trinajstić information content (AvgIpc) is 2.54. The number of rotatable bonds is 7. The molecule has 4 nitrogen and oxygen atoms in total. The van der Waals surface area contributed by atoms with E-state index < -0.39 is 10.8 Å². The maximum Gasteiger partial charge on any atom is 0.233 e. The average molecular weight is 345 g/mol. The summed E-state index contributed by atoms with van der Waals surface area (Å²) in [6.07, 6.45) is 0.707. The number of methoxy groups -OCH3 is 1. The molecule has 0 aliphatic heterocycles. The summed E-state index contributed by atoms with van der Waals surface area (Å²) in [6, 6.07) is 13.5. The molecule has 24 heavy (non-hydrogen) atoms. The van der Waals surface area contributed by atoms with Crippen LogP contribution in [-0.2, 0) is 22.0 Å². The summed E-state index contributed by atoms with van der Waals surface area (Å²) >= 11 is 0. The first-order chi connectivity index (χ1) is 11.5. The summed E-state index contributed by atoms with van der Waals surface area (Å²) in [5.41, 5.74) is 3.17. The molecule has 0 saturated heterocycles. The molecule has 1 amide bonds. The van der Waals surface area contributed by atoms with Crippen LogP contribution in [0.25, 0.3) is 0 Å². The largest absolute Gasteiger partial charge is 0.497 e. The van der Waals surface area contributed by atoms with Crippen LogP contribution in [-0.4, -0.2) is 29.5 Å². The second-order valence-electron chi connectivity index (χ2n) is 5.71. The minimum Gasteiger partial charge on any atom is -0.497 e. The number of benzene rings is 2. The van der Waals surface area contributed by atoms with Crippen LogP contribution in [0.4, 0.5) is 0 Å². The fourth-order valence-corrected chi connectivity index (χ4v) is 3.61. The highest BCUT2D eigenvalue weighted by Gasteiger charge is 2.12. The molecular formula is C19H23NO3S. The molecule has 1 unspecified atom stereocenters. The Labute approximate surface area is 145 Å². The lowest BCUT2D eigenvalue weighted by Gasteiger charge is -2.08. The van der Waals surface area contributed by atoms with E-state index in [2.05, 4.69) is 5.32 Å². The molecule has 0 aliphatic carbocycles. The van der Waals surface area contributed by atoms with Gasteiger partial charge in [-0.25, -0.2) is 0 Å². The summed E-state index contributed by atoms with van der Waals surface area (Å²) < 4.78 is 17.5. The molecule has 0 fully saturated rings. The van der Waals surface area contributed by atoms with Crippen LogP contribution in [0.5, 0.6) is 5.75 Å². The van der Waals surface area contributed by atoms with Gasteiger partial charge in [-0.1, -0.05) is 29.8 Å². The van der Waals surface area contributed by atoms with Gasteiger partial charge >= 0.3 is 0 Å². The molecule has 0 spiro atoms. The van der Waals surface area contributed by atoms with E-state index >= 15 is 0 Å². The van der Waals surface area contributed by atoms with Crippen molar-refractivity contribution in [1.82, 2.24) is 5.32 Å². The lowest BCUT2D eigenvalue weighted by Crippen LogP contribution is -2.30. The highest BCUT2D eigenvalue weighted by molar-refractivity contribution is 7.85. The van der Waals surface area contributed by atoms with E-state index in [0.717, 1.165) is 27.3 Å². The van der Waals surface area contributed by atoms with Gasteiger partial charge in [-0.3, -0.25) is 9.00 Å². The van der Waals surface area contributed by atoms with Crippen LogP contribution in [0.15, 0.2) is 47.4 Å². The van der Waals surface area contributed by atoms with Gasteiger partial charge in [0, 0.05) is 11.4 Å². The molecular weight excluding hydrogens is 322 g/mol. The van der Waals surface area contributed by atoms with E-state index in [1.165, 1.54) is 0 Å². The second kappa shape index (κ2) is 8.64. The maximum absolute atomic E-state index is 12.3. The van der Waals surface area contributed by atoms with Crippen molar-refractivity contribution in [2.75, 3.05) is 19.4 Å². The third-order valence-corrected chi connectivity index (χ3v) is 5.18. The van der Waals surface area contributed by atoms with Crippen LogP contribution >= 0.6 is 0 Å². The molecule has 0 aromatic heterocycles. The molecule has 0 bridgehead atoms. The summed E-state index contributed by atoms with van der Waals surface area (Å²) in [7, 11) is 0.310. The SMILES string of the molecule is COc1cccc(CCNC(=O)CS(=O)c2ccc(C)cc2C)c1. The van der Waals surface area contributed by atoms with Gasteiger partial charge in [0.05, 0.1) is 17.9 Å². The fraction of sp³-hybridized carbons (Fsp3) is 0.316. The van der Waals surface area contributed by atoms with Crippen molar-refractivity contribution in [3.05, 3.63) is 59.2 Å². The number of amides is 1. The van der Waals surface area contributed by atoms with E-state index in [-0.39, 0.29) is 11.7 Å². The molecule has 1 atom stereocenters. The van der Waals surface area contributed by atoms with Crippen molar-refractivity contribution < 1.29 is 13.7 Å². The third kappa shape index (κ3) is 5.20. The van der Waals surface area contributed by atoms with Crippen molar-refractivity contribution in [1.29, 1.82) is 0 Å². The number of hydrogen-bond acceptors (Lipinski definition) is 3. The summed E-state index contributed by atoms with van der Waals surface area (Å²) in [5, 5.41) is 2.83. The van der Waals surface area contributed by atoms with Crippen molar-refractivity contribution >= 4 is 16.7 Å². The number of ether oxygens (including phenoxy) is 1. The molecule has 2 aromatic carbocycles. The molecule has 1 N–H and O–H groups in total. The minimum absolute atomic E-state index is 0.0119. The van der Waals surface area contributed by atoms with Crippen molar-refractivity contribution in [2.24, 2.45) is 0 Å². The van der Waals surface area contributed by atoms with Crippen LogP contribution in [0, 0.1) is 13.8 Å². The van der Waals surface area contributed by atoms with E-state index in [0.29, 0.717) is 13.0 Å². The summed E-state index contributed by atoms with van der Waals surface area (Å²) in [6.45, 7) is 4.42. The van der Waals surface area contributed by atoms with Gasteiger partial charge in [0.15, 0.2) is 0 Å². The van der Waals surface area contributed by atoms with Gasteiger partial charge in [0.25, 0.3) is 0 Å². The molecule has 0 heterocycles. The fourth-order valence-electron chi connectivity index (χ4n) is 2.48.